The van der Waals surface area contributed by atoms with Gasteiger partial charge in [0.15, 0.2) is 0 Å². The molecular weight excluding hydrogens is 360 g/mol. The van der Waals surface area contributed by atoms with Crippen molar-refractivity contribution in [1.82, 2.24) is 10.2 Å². The number of nitrogens with zero attached hydrogens (tertiary/aromatic N) is 1. The van der Waals surface area contributed by atoms with Crippen molar-refractivity contribution >= 4 is 41.8 Å². The largest absolute Gasteiger partial charge is 0.339 e. The quantitative estimate of drug-likeness (QED) is 0.843. The van der Waals surface area contributed by atoms with Crippen LogP contribution in [-0.4, -0.2) is 48.5 Å². The van der Waals surface area contributed by atoms with Crippen LogP contribution >= 0.6 is 35.9 Å². The van der Waals surface area contributed by atoms with E-state index in [4.69, 9.17) is 0 Å². The summed E-state index contributed by atoms with van der Waals surface area (Å²) >= 11 is 4.02. The zero-order valence-electron chi connectivity index (χ0n) is 13.8. The van der Waals surface area contributed by atoms with Gasteiger partial charge >= 0.3 is 0 Å². The molecule has 6 heteroatoms. The summed E-state index contributed by atoms with van der Waals surface area (Å²) in [5, 5.41) is 3.49. The number of nitrogens with one attached hydrogen (secondary N) is 1. The number of fused-ring (bicyclic) bond motifs is 1. The molecular formula is C18H25ClN2OS2. The highest BCUT2D eigenvalue weighted by Crippen LogP contribution is 2.45. The highest BCUT2D eigenvalue weighted by Gasteiger charge is 2.31. The maximum atomic E-state index is 12.8. The summed E-state index contributed by atoms with van der Waals surface area (Å²) in [6, 6.07) is 8.37. The second kappa shape index (κ2) is 8.35. The molecule has 3 aliphatic rings. The fraction of sp³-hybridized carbons (Fsp3) is 0.611. The van der Waals surface area contributed by atoms with Gasteiger partial charge in [-0.1, -0.05) is 12.1 Å². The molecule has 2 atom stereocenters. The molecule has 3 fully saturated rings. The third-order valence-electron chi connectivity index (χ3n) is 5.36. The van der Waals surface area contributed by atoms with Crippen LogP contribution in [0.4, 0.5) is 0 Å². The van der Waals surface area contributed by atoms with Crippen LogP contribution in [0.2, 0.25) is 0 Å². The maximum absolute atomic E-state index is 12.8. The summed E-state index contributed by atoms with van der Waals surface area (Å²) in [6.45, 7) is 4.10. The van der Waals surface area contributed by atoms with Gasteiger partial charge in [-0.2, -0.15) is 0 Å². The summed E-state index contributed by atoms with van der Waals surface area (Å²) < 4.78 is 0.559. The van der Waals surface area contributed by atoms with Crippen molar-refractivity contribution < 1.29 is 4.79 Å². The predicted molar refractivity (Wildman–Crippen MR) is 106 cm³/mol. The third-order valence-corrected chi connectivity index (χ3v) is 8.46. The van der Waals surface area contributed by atoms with E-state index in [0.717, 1.165) is 56.4 Å². The standard InChI is InChI=1S/C18H24N2OS2.ClH/c21-17(20-7-5-15-11-19-12-16(15)6-8-20)13-1-3-14(4-2-13)18-22-9-10-23-18;/h1-4,15-16,18-19H,5-12H2;1H/t15-,16+;. The lowest BCUT2D eigenvalue weighted by atomic mass is 9.92. The Morgan fingerprint density at radius 2 is 1.58 bits per heavy atom. The molecule has 3 saturated heterocycles. The molecule has 1 aromatic carbocycles. The first-order chi connectivity index (χ1) is 11.3. The van der Waals surface area contributed by atoms with Crippen LogP contribution in [0.3, 0.4) is 0 Å². The first-order valence-corrected chi connectivity index (χ1v) is 10.7. The van der Waals surface area contributed by atoms with Gasteiger partial charge in [0.25, 0.3) is 5.91 Å². The summed E-state index contributed by atoms with van der Waals surface area (Å²) in [5.41, 5.74) is 2.21. The number of amides is 1. The molecule has 0 radical (unpaired) electrons. The molecule has 0 bridgehead atoms. The van der Waals surface area contributed by atoms with Gasteiger partial charge in [0, 0.05) is 30.2 Å². The van der Waals surface area contributed by atoms with Crippen molar-refractivity contribution in [3.8, 4) is 0 Å². The van der Waals surface area contributed by atoms with Gasteiger partial charge in [-0.15, -0.1) is 35.9 Å². The van der Waals surface area contributed by atoms with E-state index in [1.54, 1.807) is 0 Å². The number of rotatable bonds is 2. The first-order valence-electron chi connectivity index (χ1n) is 8.64. The third kappa shape index (κ3) is 3.90. The summed E-state index contributed by atoms with van der Waals surface area (Å²) in [5.74, 6) is 4.23. The highest BCUT2D eigenvalue weighted by atomic mass is 35.5. The van der Waals surface area contributed by atoms with E-state index in [9.17, 15) is 4.79 Å². The molecule has 0 aromatic heterocycles. The normalized spacial score (nSPS) is 27.4. The van der Waals surface area contributed by atoms with Crippen molar-refractivity contribution in [3.63, 3.8) is 0 Å². The number of hydrogen-bond donors (Lipinski definition) is 1. The van der Waals surface area contributed by atoms with Crippen LogP contribution in [0.25, 0.3) is 0 Å². The Labute approximate surface area is 159 Å². The summed E-state index contributed by atoms with van der Waals surface area (Å²) in [7, 11) is 0. The van der Waals surface area contributed by atoms with Gasteiger partial charge in [-0.05, 0) is 55.5 Å². The number of carbonyl (C=O) groups excluding carboxylic acids is 1. The molecule has 1 aromatic rings. The van der Waals surface area contributed by atoms with Gasteiger partial charge in [-0.3, -0.25) is 4.79 Å². The van der Waals surface area contributed by atoms with Crippen LogP contribution in [0.15, 0.2) is 24.3 Å². The lowest BCUT2D eigenvalue weighted by molar-refractivity contribution is 0.0758. The molecule has 3 heterocycles. The Balaban J connectivity index is 0.00000169. The van der Waals surface area contributed by atoms with Crippen molar-refractivity contribution in [2.24, 2.45) is 11.8 Å². The Hall–Kier alpha value is -0.360. The molecule has 4 rings (SSSR count). The van der Waals surface area contributed by atoms with Crippen molar-refractivity contribution in [2.75, 3.05) is 37.7 Å². The van der Waals surface area contributed by atoms with Crippen LogP contribution in [0.1, 0.15) is 33.3 Å². The number of halogens is 1. The Morgan fingerprint density at radius 3 is 2.17 bits per heavy atom. The molecule has 0 aliphatic carbocycles. The fourth-order valence-corrected chi connectivity index (χ4v) is 6.80. The minimum Gasteiger partial charge on any atom is -0.339 e. The van der Waals surface area contributed by atoms with Crippen LogP contribution < -0.4 is 5.32 Å². The maximum Gasteiger partial charge on any atom is 0.253 e. The monoisotopic (exact) mass is 384 g/mol. The molecule has 1 amide bonds. The van der Waals surface area contributed by atoms with E-state index in [-0.39, 0.29) is 18.3 Å². The molecule has 3 nitrogen and oxygen atoms in total. The van der Waals surface area contributed by atoms with Crippen LogP contribution in [0.5, 0.6) is 0 Å². The average molecular weight is 385 g/mol. The predicted octanol–water partition coefficient (Wildman–Crippen LogP) is 3.66. The smallest absolute Gasteiger partial charge is 0.253 e. The van der Waals surface area contributed by atoms with Crippen LogP contribution in [0, 0.1) is 11.8 Å². The zero-order chi connectivity index (χ0) is 15.6. The van der Waals surface area contributed by atoms with Gasteiger partial charge in [0.2, 0.25) is 0 Å². The van der Waals surface area contributed by atoms with E-state index in [1.807, 2.05) is 35.7 Å². The van der Waals surface area contributed by atoms with E-state index >= 15 is 0 Å². The topological polar surface area (TPSA) is 32.3 Å². The minimum atomic E-state index is 0. The molecule has 3 aliphatic heterocycles. The summed E-state index contributed by atoms with van der Waals surface area (Å²) in [6.07, 6.45) is 2.30. The van der Waals surface area contributed by atoms with Crippen molar-refractivity contribution in [1.29, 1.82) is 0 Å². The Kier molecular flexibility index (Phi) is 6.41. The van der Waals surface area contributed by atoms with Gasteiger partial charge < -0.3 is 10.2 Å². The fourth-order valence-electron chi connectivity index (χ4n) is 3.94. The van der Waals surface area contributed by atoms with Crippen molar-refractivity contribution in [2.45, 2.75) is 17.4 Å². The van der Waals surface area contributed by atoms with Crippen molar-refractivity contribution in [3.05, 3.63) is 35.4 Å². The van der Waals surface area contributed by atoms with Gasteiger partial charge in [0.05, 0.1) is 4.58 Å². The number of hydrogen-bond acceptors (Lipinski definition) is 4. The lowest BCUT2D eigenvalue weighted by Crippen LogP contribution is -2.32. The molecule has 132 valence electrons. The minimum absolute atomic E-state index is 0. The van der Waals surface area contributed by atoms with Gasteiger partial charge in [0.1, 0.15) is 0 Å². The van der Waals surface area contributed by atoms with E-state index in [0.29, 0.717) is 4.58 Å². The SMILES string of the molecule is Cl.O=C(c1ccc(C2SCCS2)cc1)N1CC[C@@H]2CNC[C@@H]2CC1. The van der Waals surface area contributed by atoms with E-state index < -0.39 is 0 Å². The number of carbonyl (C=O) groups is 1. The molecule has 0 saturated carbocycles. The molecule has 1 N–H and O–H groups in total. The number of benzene rings is 1. The van der Waals surface area contributed by atoms with Gasteiger partial charge in [-0.25, -0.2) is 0 Å². The second-order valence-corrected chi connectivity index (χ2v) is 9.47. The molecule has 24 heavy (non-hydrogen) atoms. The average Bonchev–Trinajstić information content (AvgIpc) is 3.24. The van der Waals surface area contributed by atoms with E-state index in [2.05, 4.69) is 22.3 Å². The second-order valence-electron chi connectivity index (χ2n) is 6.74. The molecule has 0 spiro atoms. The number of likely N-dealkylation sites (tertiary alicyclic amines) is 1. The van der Waals surface area contributed by atoms with Crippen LogP contribution in [-0.2, 0) is 0 Å². The Morgan fingerprint density at radius 1 is 1.00 bits per heavy atom. The molecule has 0 unspecified atom stereocenters. The lowest BCUT2D eigenvalue weighted by Gasteiger charge is -2.21. The number of thioether (sulfide) groups is 2. The Bertz CT molecular complexity index is 549. The first kappa shape index (κ1) is 18.4. The highest BCUT2D eigenvalue weighted by molar-refractivity contribution is 8.19. The summed E-state index contributed by atoms with van der Waals surface area (Å²) in [4.78, 5) is 14.9. The zero-order valence-corrected chi connectivity index (χ0v) is 16.2. The van der Waals surface area contributed by atoms with E-state index in [1.165, 1.54) is 17.1 Å².